The number of nitriles is 1. The van der Waals surface area contributed by atoms with Crippen molar-refractivity contribution in [2.24, 2.45) is 5.73 Å². The maximum absolute atomic E-state index is 13.2. The van der Waals surface area contributed by atoms with Crippen LogP contribution < -0.4 is 29.8 Å². The van der Waals surface area contributed by atoms with E-state index in [9.17, 15) is 10.1 Å². The van der Waals surface area contributed by atoms with Crippen LogP contribution in [-0.4, -0.2) is 27.1 Å². The molecule has 0 saturated carbocycles. The minimum atomic E-state index is -0.625. The Hall–Kier alpha value is -3.99. The van der Waals surface area contributed by atoms with E-state index in [2.05, 4.69) is 11.1 Å². The summed E-state index contributed by atoms with van der Waals surface area (Å²) in [5, 5.41) is 10.1. The van der Waals surface area contributed by atoms with E-state index in [0.29, 0.717) is 52.6 Å². The average molecular weight is 433 g/mol. The summed E-state index contributed by atoms with van der Waals surface area (Å²) >= 11 is 0. The van der Waals surface area contributed by atoms with Crippen molar-refractivity contribution in [3.05, 3.63) is 64.9 Å². The molecule has 0 amide bonds. The number of pyridine rings is 1. The van der Waals surface area contributed by atoms with Gasteiger partial charge in [0.25, 0.3) is 0 Å². The lowest BCUT2D eigenvalue weighted by Crippen LogP contribution is -2.39. The monoisotopic (exact) mass is 433 g/mol. The second-order valence-electron chi connectivity index (χ2n) is 7.54. The molecular formula is C24H25N4O4+. The van der Waals surface area contributed by atoms with Crippen molar-refractivity contribution in [2.75, 3.05) is 26.2 Å². The maximum atomic E-state index is 13.2. The Labute approximate surface area is 186 Å². The minimum absolute atomic E-state index is 0.00941. The van der Waals surface area contributed by atoms with Crippen molar-refractivity contribution in [1.29, 1.82) is 5.26 Å². The first-order valence-corrected chi connectivity index (χ1v) is 10.3. The first-order chi connectivity index (χ1) is 15.5. The molecule has 8 heteroatoms. The number of benzene rings is 1. The Bertz CT molecular complexity index is 1140. The van der Waals surface area contributed by atoms with E-state index < -0.39 is 5.92 Å². The summed E-state index contributed by atoms with van der Waals surface area (Å²) in [4.78, 5) is 18.1. The lowest BCUT2D eigenvalue weighted by molar-refractivity contribution is -0.377. The molecule has 0 radical (unpaired) electrons. The van der Waals surface area contributed by atoms with Crippen LogP contribution in [0.1, 0.15) is 30.7 Å². The van der Waals surface area contributed by atoms with E-state index >= 15 is 0 Å². The molecule has 0 saturated heterocycles. The van der Waals surface area contributed by atoms with Crippen molar-refractivity contribution in [2.45, 2.75) is 25.2 Å². The molecule has 8 nitrogen and oxygen atoms in total. The Kier molecular flexibility index (Phi) is 5.73. The molecule has 32 heavy (non-hydrogen) atoms. The zero-order chi connectivity index (χ0) is 22.8. The summed E-state index contributed by atoms with van der Waals surface area (Å²) in [7, 11) is 4.59. The molecule has 0 spiro atoms. The number of methoxy groups -OCH3 is 3. The molecule has 1 aliphatic heterocycles. The number of hydrogen-bond acceptors (Lipinski definition) is 7. The first-order valence-electron chi connectivity index (χ1n) is 10.3. The highest BCUT2D eigenvalue weighted by atomic mass is 16.5. The van der Waals surface area contributed by atoms with E-state index in [0.717, 1.165) is 17.8 Å². The van der Waals surface area contributed by atoms with Crippen LogP contribution in [0.3, 0.4) is 0 Å². The standard InChI is InChI=1S/C24H24N4O4/c1-30-19-10-14(11-20(31-2)23(19)32-3)21-16(12-25)24(26)28(15-6-5-9-27-13-15)17-7-4-8-18(29)22(17)21/h5-6,9-11,13,21H,4,7-8,26H2,1-3H3/p+1. The van der Waals surface area contributed by atoms with Crippen molar-refractivity contribution < 1.29 is 24.0 Å². The molecule has 1 aromatic carbocycles. The fraction of sp³-hybridized carbons (Fsp3) is 0.292. The summed E-state index contributed by atoms with van der Waals surface area (Å²) in [5.74, 6) is 1.02. The molecule has 1 aromatic heterocycles. The number of aromatic amines is 1. The number of nitrogens with zero attached hydrogens (tertiary/aromatic N) is 2. The van der Waals surface area contributed by atoms with Crippen LogP contribution in [0.5, 0.6) is 17.2 Å². The first kappa shape index (κ1) is 21.2. The minimum Gasteiger partial charge on any atom is -0.493 e. The quantitative estimate of drug-likeness (QED) is 0.772. The maximum Gasteiger partial charge on any atom is 0.203 e. The number of hydrogen-bond donors (Lipinski definition) is 1. The van der Waals surface area contributed by atoms with Crippen molar-refractivity contribution in [1.82, 2.24) is 0 Å². The van der Waals surface area contributed by atoms with Gasteiger partial charge < -0.3 is 19.9 Å². The third-order valence-corrected chi connectivity index (χ3v) is 5.88. The van der Waals surface area contributed by atoms with Gasteiger partial charge in [0.05, 0.1) is 38.9 Å². The van der Waals surface area contributed by atoms with Gasteiger partial charge in [-0.25, -0.2) is 4.98 Å². The van der Waals surface area contributed by atoms with Gasteiger partial charge >= 0.3 is 0 Å². The third kappa shape index (κ3) is 3.32. The number of allylic oxidation sites excluding steroid dienone is 3. The number of aromatic nitrogens is 1. The summed E-state index contributed by atoms with van der Waals surface area (Å²) in [6.07, 6.45) is 5.41. The normalized spacial score (nSPS) is 18.2. The number of ether oxygens (including phenoxy) is 3. The van der Waals surface area contributed by atoms with Crippen LogP contribution in [0.15, 0.2) is 59.3 Å². The zero-order valence-corrected chi connectivity index (χ0v) is 18.3. The summed E-state index contributed by atoms with van der Waals surface area (Å²) in [6.45, 7) is 0. The lowest BCUT2D eigenvalue weighted by atomic mass is 9.75. The van der Waals surface area contributed by atoms with Gasteiger partial charge in [-0.3, -0.25) is 9.69 Å². The topological polar surface area (TPSA) is 112 Å². The van der Waals surface area contributed by atoms with Crippen LogP contribution in [0.4, 0.5) is 5.69 Å². The number of anilines is 1. The molecule has 4 rings (SSSR count). The highest BCUT2D eigenvalue weighted by Gasteiger charge is 2.41. The van der Waals surface area contributed by atoms with Crippen LogP contribution in [0, 0.1) is 11.3 Å². The van der Waals surface area contributed by atoms with Gasteiger partial charge in [-0.15, -0.1) is 0 Å². The molecule has 2 heterocycles. The van der Waals surface area contributed by atoms with E-state index in [1.165, 1.54) is 21.3 Å². The SMILES string of the molecule is COc1cc(C2C(C#N)=C(N)N(c3ccc[nH+]c3)C3=C2C(=O)CCC3)cc(OC)c1OC. The molecule has 1 unspecified atom stereocenters. The third-order valence-electron chi connectivity index (χ3n) is 5.88. The average Bonchev–Trinajstić information content (AvgIpc) is 2.83. The molecule has 3 N–H and O–H groups in total. The predicted octanol–water partition coefficient (Wildman–Crippen LogP) is 2.83. The largest absolute Gasteiger partial charge is 0.493 e. The van der Waals surface area contributed by atoms with Gasteiger partial charge in [-0.1, -0.05) is 0 Å². The molecule has 0 bridgehead atoms. The molecule has 2 aromatic rings. The van der Waals surface area contributed by atoms with Gasteiger partial charge in [0.2, 0.25) is 5.75 Å². The van der Waals surface area contributed by atoms with Crippen LogP contribution in [-0.2, 0) is 4.79 Å². The van der Waals surface area contributed by atoms with Gasteiger partial charge in [0, 0.05) is 23.8 Å². The summed E-state index contributed by atoms with van der Waals surface area (Å²) < 4.78 is 16.5. The number of Topliss-reactive ketones (excluding diaryl/α,β-unsaturated/α-hetero) is 1. The number of H-pyrrole nitrogens is 1. The lowest BCUT2D eigenvalue weighted by Gasteiger charge is -2.39. The van der Waals surface area contributed by atoms with Crippen molar-refractivity contribution in [3.8, 4) is 23.3 Å². The molecule has 164 valence electrons. The predicted molar refractivity (Wildman–Crippen MR) is 117 cm³/mol. The summed E-state index contributed by atoms with van der Waals surface area (Å²) in [6, 6.07) is 9.55. The number of ketones is 1. The number of nitrogens with one attached hydrogen (secondary N) is 1. The summed E-state index contributed by atoms with van der Waals surface area (Å²) in [5.41, 5.74) is 9.73. The Morgan fingerprint density at radius 1 is 1.16 bits per heavy atom. The number of nitrogens with two attached hydrogens (primary N) is 1. The van der Waals surface area contributed by atoms with Gasteiger partial charge in [0.15, 0.2) is 29.7 Å². The second kappa shape index (κ2) is 8.63. The second-order valence-corrected chi connectivity index (χ2v) is 7.54. The van der Waals surface area contributed by atoms with Gasteiger partial charge in [-0.2, -0.15) is 5.26 Å². The highest BCUT2D eigenvalue weighted by molar-refractivity contribution is 6.01. The molecule has 0 fully saturated rings. The number of rotatable bonds is 5. The van der Waals surface area contributed by atoms with E-state index in [-0.39, 0.29) is 5.78 Å². The molecule has 1 aliphatic carbocycles. The zero-order valence-electron chi connectivity index (χ0n) is 18.3. The molecule has 1 atom stereocenters. The van der Waals surface area contributed by atoms with E-state index in [1.54, 1.807) is 24.5 Å². The van der Waals surface area contributed by atoms with Gasteiger partial charge in [-0.05, 0) is 36.6 Å². The number of carbonyl (C=O) groups is 1. The fourth-order valence-electron chi connectivity index (χ4n) is 4.51. The smallest absolute Gasteiger partial charge is 0.203 e. The van der Waals surface area contributed by atoms with Crippen molar-refractivity contribution in [3.63, 3.8) is 0 Å². The van der Waals surface area contributed by atoms with Crippen LogP contribution in [0.2, 0.25) is 0 Å². The van der Waals surface area contributed by atoms with Crippen LogP contribution in [0.25, 0.3) is 0 Å². The van der Waals surface area contributed by atoms with Crippen LogP contribution >= 0.6 is 0 Å². The Balaban J connectivity index is 1.99. The van der Waals surface area contributed by atoms with E-state index in [1.807, 2.05) is 17.0 Å². The molecular weight excluding hydrogens is 408 g/mol. The van der Waals surface area contributed by atoms with E-state index in [4.69, 9.17) is 19.9 Å². The van der Waals surface area contributed by atoms with Gasteiger partial charge in [0.1, 0.15) is 11.5 Å². The highest BCUT2D eigenvalue weighted by Crippen LogP contribution is 2.49. The fourth-order valence-corrected chi connectivity index (χ4v) is 4.51. The Morgan fingerprint density at radius 3 is 2.44 bits per heavy atom. The Morgan fingerprint density at radius 2 is 1.88 bits per heavy atom. The van der Waals surface area contributed by atoms with Crippen molar-refractivity contribution >= 4 is 11.5 Å². The molecule has 2 aliphatic rings. The number of carbonyl (C=O) groups excluding carboxylic acids is 1.